The first-order chi connectivity index (χ1) is 9.52. The van der Waals surface area contributed by atoms with Crippen molar-refractivity contribution >= 4 is 0 Å². The van der Waals surface area contributed by atoms with Crippen LogP contribution in [0.3, 0.4) is 0 Å². The van der Waals surface area contributed by atoms with E-state index in [4.69, 9.17) is 9.47 Å². The average Bonchev–Trinajstić information content (AvgIpc) is 2.65. The van der Waals surface area contributed by atoms with Gasteiger partial charge in [-0.2, -0.15) is 0 Å². The smallest absolute Gasteiger partial charge is 0.125 e. The molecule has 2 rings (SSSR count). The molecule has 1 saturated heterocycles. The van der Waals surface area contributed by atoms with Gasteiger partial charge in [-0.15, -0.1) is 0 Å². The van der Waals surface area contributed by atoms with Crippen LogP contribution in [-0.4, -0.2) is 25.8 Å². The Balaban J connectivity index is 2.11. The lowest BCUT2D eigenvalue weighted by atomic mass is 9.85. The van der Waals surface area contributed by atoms with E-state index in [-0.39, 0.29) is 11.5 Å². The summed E-state index contributed by atoms with van der Waals surface area (Å²) in [5.74, 6) is 0.941. The van der Waals surface area contributed by atoms with Crippen molar-refractivity contribution in [1.29, 1.82) is 0 Å². The van der Waals surface area contributed by atoms with Gasteiger partial charge in [-0.25, -0.2) is 0 Å². The van der Waals surface area contributed by atoms with Crippen molar-refractivity contribution in [2.24, 2.45) is 5.41 Å². The maximum absolute atomic E-state index is 6.06. The molecule has 1 N–H and O–H groups in total. The molecule has 1 aromatic rings. The Bertz CT molecular complexity index is 425. The highest BCUT2D eigenvalue weighted by Crippen LogP contribution is 2.31. The van der Waals surface area contributed by atoms with Crippen molar-refractivity contribution < 1.29 is 9.47 Å². The molecule has 20 heavy (non-hydrogen) atoms. The van der Waals surface area contributed by atoms with Gasteiger partial charge >= 0.3 is 0 Å². The molecule has 0 bridgehead atoms. The first kappa shape index (κ1) is 15.3. The highest BCUT2D eigenvalue weighted by Gasteiger charge is 2.29. The van der Waals surface area contributed by atoms with Crippen LogP contribution in [0.1, 0.15) is 45.8 Å². The topological polar surface area (TPSA) is 30.5 Å². The first-order valence-corrected chi connectivity index (χ1v) is 7.59. The van der Waals surface area contributed by atoms with E-state index in [9.17, 15) is 0 Å². The van der Waals surface area contributed by atoms with Crippen LogP contribution in [0.15, 0.2) is 24.3 Å². The molecular weight excluding hydrogens is 250 g/mol. The van der Waals surface area contributed by atoms with Gasteiger partial charge in [0.15, 0.2) is 0 Å². The number of nitrogens with one attached hydrogen (secondary N) is 1. The Labute approximate surface area is 122 Å². The van der Waals surface area contributed by atoms with E-state index in [0.29, 0.717) is 12.6 Å². The Morgan fingerprint density at radius 1 is 1.30 bits per heavy atom. The summed E-state index contributed by atoms with van der Waals surface area (Å²) in [4.78, 5) is 0. The molecule has 112 valence electrons. The molecule has 1 aromatic carbocycles. The molecule has 1 aliphatic heterocycles. The maximum Gasteiger partial charge on any atom is 0.125 e. The van der Waals surface area contributed by atoms with E-state index in [1.807, 2.05) is 25.1 Å². The van der Waals surface area contributed by atoms with Gasteiger partial charge in [-0.05, 0) is 24.8 Å². The highest BCUT2D eigenvalue weighted by atomic mass is 16.5. The van der Waals surface area contributed by atoms with Gasteiger partial charge in [0, 0.05) is 24.8 Å². The second-order valence-corrected chi connectivity index (χ2v) is 6.45. The first-order valence-electron chi connectivity index (χ1n) is 7.59. The number of hydrogen-bond donors (Lipinski definition) is 1. The van der Waals surface area contributed by atoms with Gasteiger partial charge in [0.25, 0.3) is 0 Å². The molecule has 2 unspecified atom stereocenters. The van der Waals surface area contributed by atoms with Crippen LogP contribution < -0.4 is 10.1 Å². The van der Waals surface area contributed by atoms with Crippen LogP contribution in [0.25, 0.3) is 0 Å². The lowest BCUT2D eigenvalue weighted by molar-refractivity contribution is 0.0632. The van der Waals surface area contributed by atoms with E-state index in [1.165, 1.54) is 0 Å². The molecule has 0 radical (unpaired) electrons. The summed E-state index contributed by atoms with van der Waals surface area (Å²) in [7, 11) is 0. The zero-order valence-electron chi connectivity index (χ0n) is 13.1. The van der Waals surface area contributed by atoms with Crippen LogP contribution in [0, 0.1) is 5.41 Å². The molecule has 1 fully saturated rings. The van der Waals surface area contributed by atoms with Gasteiger partial charge in [-0.1, -0.05) is 39.0 Å². The quantitative estimate of drug-likeness (QED) is 0.916. The predicted octanol–water partition coefficient (Wildman–Crippen LogP) is 3.55. The van der Waals surface area contributed by atoms with Gasteiger partial charge in [0.05, 0.1) is 12.7 Å². The Morgan fingerprint density at radius 2 is 2.05 bits per heavy atom. The summed E-state index contributed by atoms with van der Waals surface area (Å²) < 4.78 is 11.8. The normalized spacial score (nSPS) is 24.2. The third-order valence-corrected chi connectivity index (χ3v) is 3.89. The fourth-order valence-corrected chi connectivity index (χ4v) is 2.71. The van der Waals surface area contributed by atoms with Crippen molar-refractivity contribution in [3.05, 3.63) is 29.8 Å². The summed E-state index contributed by atoms with van der Waals surface area (Å²) in [6.45, 7) is 11.2. The molecule has 3 heteroatoms. The molecule has 0 aromatic heterocycles. The Hall–Kier alpha value is -1.06. The lowest BCUT2D eigenvalue weighted by Gasteiger charge is -2.30. The fraction of sp³-hybridized carbons (Fsp3) is 0.647. The minimum absolute atomic E-state index is 0.0742. The second-order valence-electron chi connectivity index (χ2n) is 6.45. The average molecular weight is 277 g/mol. The monoisotopic (exact) mass is 277 g/mol. The van der Waals surface area contributed by atoms with Crippen molar-refractivity contribution in [2.45, 2.75) is 46.3 Å². The molecule has 3 nitrogen and oxygen atoms in total. The number of rotatable bonds is 3. The second kappa shape index (κ2) is 6.59. The number of benzene rings is 1. The maximum atomic E-state index is 6.06. The van der Waals surface area contributed by atoms with Gasteiger partial charge in [-0.3, -0.25) is 0 Å². The molecule has 2 atom stereocenters. The predicted molar refractivity (Wildman–Crippen MR) is 82.2 cm³/mol. The van der Waals surface area contributed by atoms with E-state index >= 15 is 0 Å². The summed E-state index contributed by atoms with van der Waals surface area (Å²) >= 11 is 0. The fourth-order valence-electron chi connectivity index (χ4n) is 2.71. The summed E-state index contributed by atoms with van der Waals surface area (Å²) in [5, 5.41) is 3.66. The third kappa shape index (κ3) is 3.74. The van der Waals surface area contributed by atoms with Gasteiger partial charge in [0.1, 0.15) is 5.75 Å². The van der Waals surface area contributed by atoms with E-state index < -0.39 is 0 Å². The number of para-hydroxylation sites is 1. The standard InChI is InChI=1S/C17H27NO2/c1-5-19-14-9-7-6-8-13(14)15-12-18-16(10-11-20-15)17(2,3)4/h6-9,15-16,18H,5,10-12H2,1-4H3. The van der Waals surface area contributed by atoms with E-state index in [2.05, 4.69) is 32.2 Å². The Kier molecular flexibility index (Phi) is 5.06. The molecule has 1 aliphatic rings. The van der Waals surface area contributed by atoms with Crippen molar-refractivity contribution in [1.82, 2.24) is 5.32 Å². The van der Waals surface area contributed by atoms with Crippen LogP contribution in [0.5, 0.6) is 5.75 Å². The molecule has 1 heterocycles. The van der Waals surface area contributed by atoms with Crippen molar-refractivity contribution in [3.63, 3.8) is 0 Å². The van der Waals surface area contributed by atoms with E-state index in [1.54, 1.807) is 0 Å². The molecule has 0 saturated carbocycles. The number of hydrogen-bond acceptors (Lipinski definition) is 3. The van der Waals surface area contributed by atoms with Crippen LogP contribution in [0.4, 0.5) is 0 Å². The zero-order chi connectivity index (χ0) is 14.6. The van der Waals surface area contributed by atoms with Crippen LogP contribution in [-0.2, 0) is 4.74 Å². The lowest BCUT2D eigenvalue weighted by Crippen LogP contribution is -2.40. The summed E-state index contributed by atoms with van der Waals surface area (Å²) in [6.07, 6.45) is 1.13. The summed E-state index contributed by atoms with van der Waals surface area (Å²) in [6, 6.07) is 8.68. The third-order valence-electron chi connectivity index (χ3n) is 3.89. The zero-order valence-corrected chi connectivity index (χ0v) is 13.1. The minimum Gasteiger partial charge on any atom is -0.493 e. The largest absolute Gasteiger partial charge is 0.493 e. The number of ether oxygens (including phenoxy) is 2. The Morgan fingerprint density at radius 3 is 2.75 bits per heavy atom. The van der Waals surface area contributed by atoms with Gasteiger partial charge < -0.3 is 14.8 Å². The molecule has 0 aliphatic carbocycles. The minimum atomic E-state index is 0.0742. The van der Waals surface area contributed by atoms with E-state index in [0.717, 1.165) is 30.9 Å². The van der Waals surface area contributed by atoms with Crippen molar-refractivity contribution in [2.75, 3.05) is 19.8 Å². The summed E-state index contributed by atoms with van der Waals surface area (Å²) in [5.41, 5.74) is 1.41. The van der Waals surface area contributed by atoms with Crippen LogP contribution in [0.2, 0.25) is 0 Å². The van der Waals surface area contributed by atoms with Crippen molar-refractivity contribution in [3.8, 4) is 5.75 Å². The highest BCUT2D eigenvalue weighted by molar-refractivity contribution is 5.35. The molecular formula is C17H27NO2. The molecule has 0 spiro atoms. The SMILES string of the molecule is CCOc1ccccc1C1CNC(C(C)(C)C)CCO1. The van der Waals surface area contributed by atoms with Crippen LogP contribution >= 0.6 is 0 Å². The molecule has 0 amide bonds. The van der Waals surface area contributed by atoms with Gasteiger partial charge in [0.2, 0.25) is 0 Å².